The van der Waals surface area contributed by atoms with Gasteiger partial charge in [-0.05, 0) is 26.2 Å². The van der Waals surface area contributed by atoms with E-state index < -0.39 is 0 Å². The fourth-order valence-corrected chi connectivity index (χ4v) is 2.87. The van der Waals surface area contributed by atoms with Crippen LogP contribution in [0.4, 0.5) is 0 Å². The second-order valence-electron chi connectivity index (χ2n) is 4.43. The Morgan fingerprint density at radius 3 is 2.71 bits per heavy atom. The molecule has 0 amide bonds. The normalized spacial score (nSPS) is 31.1. The van der Waals surface area contributed by atoms with Gasteiger partial charge >= 0.3 is 0 Å². The molecule has 14 heavy (non-hydrogen) atoms. The third-order valence-electron chi connectivity index (χ3n) is 2.97. The lowest BCUT2D eigenvalue weighted by Gasteiger charge is -2.24. The number of hydrogen-bond acceptors (Lipinski definition) is 1. The van der Waals surface area contributed by atoms with Gasteiger partial charge in [0.25, 0.3) is 0 Å². The molecule has 0 aliphatic heterocycles. The van der Waals surface area contributed by atoms with Crippen LogP contribution in [0.15, 0.2) is 0 Å². The van der Waals surface area contributed by atoms with Gasteiger partial charge in [-0.1, -0.05) is 48.5 Å². The van der Waals surface area contributed by atoms with Gasteiger partial charge in [-0.2, -0.15) is 0 Å². The molecule has 1 rings (SSSR count). The monoisotopic (exact) mass is 262 g/mol. The Hall–Kier alpha value is 0.440. The van der Waals surface area contributed by atoms with Crippen LogP contribution >= 0.6 is 15.9 Å². The Bertz CT molecular complexity index is 149. The molecule has 84 valence electrons. The molecule has 0 spiro atoms. The van der Waals surface area contributed by atoms with Crippen LogP contribution in [0.3, 0.4) is 0 Å². The molecule has 0 radical (unpaired) electrons. The van der Waals surface area contributed by atoms with E-state index in [1.807, 2.05) is 0 Å². The topological polar surface area (TPSA) is 9.23 Å². The lowest BCUT2D eigenvalue weighted by Crippen LogP contribution is -2.27. The van der Waals surface area contributed by atoms with Crippen molar-refractivity contribution in [3.63, 3.8) is 0 Å². The second-order valence-corrected chi connectivity index (χ2v) is 5.60. The van der Waals surface area contributed by atoms with E-state index in [0.717, 1.165) is 0 Å². The summed E-state index contributed by atoms with van der Waals surface area (Å²) in [5.41, 5.74) is 0. The summed E-state index contributed by atoms with van der Waals surface area (Å²) in [5, 5.41) is 0. The predicted molar refractivity (Wildman–Crippen MR) is 65.0 cm³/mol. The summed E-state index contributed by atoms with van der Waals surface area (Å²) in [7, 11) is 0. The first kappa shape index (κ1) is 12.5. The molecule has 0 saturated heterocycles. The summed E-state index contributed by atoms with van der Waals surface area (Å²) in [6, 6.07) is 0. The van der Waals surface area contributed by atoms with E-state index in [-0.39, 0.29) is 0 Å². The summed E-state index contributed by atoms with van der Waals surface area (Å²) < 4.78 is 6.08. The maximum atomic E-state index is 6.08. The van der Waals surface area contributed by atoms with Crippen molar-refractivity contribution in [2.24, 2.45) is 0 Å². The first-order chi connectivity index (χ1) is 6.74. The van der Waals surface area contributed by atoms with Crippen LogP contribution in [0.5, 0.6) is 0 Å². The zero-order chi connectivity index (χ0) is 10.4. The summed E-state index contributed by atoms with van der Waals surface area (Å²) >= 11 is 3.76. The average Bonchev–Trinajstić information content (AvgIpc) is 2.33. The van der Waals surface area contributed by atoms with Gasteiger partial charge in [0.2, 0.25) is 0 Å². The number of halogens is 1. The Balaban J connectivity index is 2.32. The summed E-state index contributed by atoms with van der Waals surface area (Å²) in [5.74, 6) is 0. The minimum Gasteiger partial charge on any atom is -0.374 e. The van der Waals surface area contributed by atoms with Crippen LogP contribution in [0, 0.1) is 0 Å². The molecule has 1 nitrogen and oxygen atoms in total. The molecule has 1 aliphatic carbocycles. The fraction of sp³-hybridized carbons (Fsp3) is 1.00. The minimum absolute atomic E-state index is 0.433. The zero-order valence-corrected chi connectivity index (χ0v) is 11.1. The van der Waals surface area contributed by atoms with E-state index in [9.17, 15) is 0 Å². The van der Waals surface area contributed by atoms with E-state index in [2.05, 4.69) is 29.8 Å². The standard InChI is InChI=1S/C12H23BrO/c1-3-7-10(2)14-12-9-6-4-5-8-11(12)13/h10-12H,3-9H2,1-2H3. The smallest absolute Gasteiger partial charge is 0.0703 e. The molecule has 3 unspecified atom stereocenters. The number of rotatable bonds is 4. The molecule has 0 heterocycles. The number of hydrogen-bond donors (Lipinski definition) is 0. The lowest BCUT2D eigenvalue weighted by molar-refractivity contribution is -0.00941. The van der Waals surface area contributed by atoms with Crippen LogP contribution in [0.1, 0.15) is 58.8 Å². The Labute approximate surface area is 96.7 Å². The molecule has 0 aromatic carbocycles. The molecule has 0 bridgehead atoms. The van der Waals surface area contributed by atoms with Gasteiger partial charge in [0.15, 0.2) is 0 Å². The average molecular weight is 263 g/mol. The third-order valence-corrected chi connectivity index (χ3v) is 4.02. The SMILES string of the molecule is CCCC(C)OC1CCCCCC1Br. The predicted octanol–water partition coefficient (Wildman–Crippen LogP) is 4.29. The van der Waals surface area contributed by atoms with Crippen molar-refractivity contribution in [1.29, 1.82) is 0 Å². The highest BCUT2D eigenvalue weighted by Crippen LogP contribution is 2.27. The van der Waals surface area contributed by atoms with Crippen LogP contribution in [0.2, 0.25) is 0 Å². The summed E-state index contributed by atoms with van der Waals surface area (Å²) in [4.78, 5) is 0.587. The van der Waals surface area contributed by atoms with Gasteiger partial charge in [-0.25, -0.2) is 0 Å². The number of ether oxygens (including phenoxy) is 1. The van der Waals surface area contributed by atoms with Crippen molar-refractivity contribution in [3.8, 4) is 0 Å². The van der Waals surface area contributed by atoms with Gasteiger partial charge in [0.05, 0.1) is 12.2 Å². The fourth-order valence-electron chi connectivity index (χ4n) is 2.15. The van der Waals surface area contributed by atoms with Crippen LogP contribution < -0.4 is 0 Å². The molecular formula is C12H23BrO. The van der Waals surface area contributed by atoms with Crippen molar-refractivity contribution in [2.75, 3.05) is 0 Å². The van der Waals surface area contributed by atoms with Crippen molar-refractivity contribution in [3.05, 3.63) is 0 Å². The van der Waals surface area contributed by atoms with Gasteiger partial charge in [-0.15, -0.1) is 0 Å². The molecular weight excluding hydrogens is 240 g/mol. The Morgan fingerprint density at radius 2 is 2.00 bits per heavy atom. The van der Waals surface area contributed by atoms with Gasteiger partial charge in [0.1, 0.15) is 0 Å². The van der Waals surface area contributed by atoms with E-state index in [0.29, 0.717) is 17.0 Å². The maximum absolute atomic E-state index is 6.08. The molecule has 2 heteroatoms. The molecule has 1 fully saturated rings. The van der Waals surface area contributed by atoms with Crippen LogP contribution in [-0.2, 0) is 4.74 Å². The molecule has 1 aliphatic rings. The Kier molecular flexibility index (Phi) is 6.11. The molecule has 0 aromatic rings. The quantitative estimate of drug-likeness (QED) is 0.543. The van der Waals surface area contributed by atoms with Crippen molar-refractivity contribution in [2.45, 2.75) is 75.8 Å². The van der Waals surface area contributed by atoms with E-state index >= 15 is 0 Å². The number of alkyl halides is 1. The largest absolute Gasteiger partial charge is 0.374 e. The second kappa shape index (κ2) is 6.84. The van der Waals surface area contributed by atoms with E-state index in [4.69, 9.17) is 4.74 Å². The van der Waals surface area contributed by atoms with Gasteiger partial charge in [-0.3, -0.25) is 0 Å². The molecule has 3 atom stereocenters. The van der Waals surface area contributed by atoms with E-state index in [1.54, 1.807) is 0 Å². The highest BCUT2D eigenvalue weighted by atomic mass is 79.9. The van der Waals surface area contributed by atoms with Crippen molar-refractivity contribution >= 4 is 15.9 Å². The Morgan fingerprint density at radius 1 is 1.29 bits per heavy atom. The molecule has 1 saturated carbocycles. The lowest BCUT2D eigenvalue weighted by atomic mass is 10.1. The van der Waals surface area contributed by atoms with Gasteiger partial charge < -0.3 is 4.74 Å². The molecule has 0 N–H and O–H groups in total. The molecule has 0 aromatic heterocycles. The summed E-state index contributed by atoms with van der Waals surface area (Å²) in [6.45, 7) is 4.42. The zero-order valence-electron chi connectivity index (χ0n) is 9.47. The van der Waals surface area contributed by atoms with Crippen molar-refractivity contribution in [1.82, 2.24) is 0 Å². The first-order valence-electron chi connectivity index (χ1n) is 6.03. The van der Waals surface area contributed by atoms with Crippen LogP contribution in [0.25, 0.3) is 0 Å². The highest BCUT2D eigenvalue weighted by molar-refractivity contribution is 9.09. The first-order valence-corrected chi connectivity index (χ1v) is 6.95. The highest BCUT2D eigenvalue weighted by Gasteiger charge is 2.23. The minimum atomic E-state index is 0.433. The van der Waals surface area contributed by atoms with Gasteiger partial charge in [0, 0.05) is 4.83 Å². The third kappa shape index (κ3) is 4.31. The van der Waals surface area contributed by atoms with E-state index in [1.165, 1.54) is 44.9 Å². The van der Waals surface area contributed by atoms with Crippen molar-refractivity contribution < 1.29 is 4.74 Å². The summed E-state index contributed by atoms with van der Waals surface area (Å²) in [6.07, 6.45) is 9.90. The maximum Gasteiger partial charge on any atom is 0.0703 e. The van der Waals surface area contributed by atoms with Crippen LogP contribution in [-0.4, -0.2) is 17.0 Å².